The van der Waals surface area contributed by atoms with E-state index in [1.807, 2.05) is 31.2 Å². The number of anilines is 1. The van der Waals surface area contributed by atoms with Gasteiger partial charge in [-0.1, -0.05) is 35.5 Å². The second-order valence-electron chi connectivity index (χ2n) is 5.09. The molecule has 0 radical (unpaired) electrons. The number of carbonyl (C=O) groups excluding carboxylic acids is 1. The molecule has 1 aromatic heterocycles. The standard InChI is InChI=1S/C17H15ClFN3OS/c1-2-22-15-6-4-3-5-14(15)21-17(22)24-10-16(23)20-11-7-8-12(18)13(19)9-11/h3-9H,2,10H2,1H3,(H,20,23). The number of aryl methyl sites for hydroxylation is 1. The van der Waals surface area contributed by atoms with E-state index in [0.29, 0.717) is 5.69 Å². The van der Waals surface area contributed by atoms with Crippen molar-refractivity contribution in [1.29, 1.82) is 0 Å². The maximum atomic E-state index is 13.4. The summed E-state index contributed by atoms with van der Waals surface area (Å²) in [5, 5.41) is 3.47. The van der Waals surface area contributed by atoms with E-state index in [2.05, 4.69) is 14.9 Å². The first-order chi connectivity index (χ1) is 11.6. The number of amides is 1. The third-order valence-corrected chi connectivity index (χ3v) is 4.75. The predicted molar refractivity (Wildman–Crippen MR) is 96.2 cm³/mol. The molecule has 0 saturated carbocycles. The number of rotatable bonds is 5. The van der Waals surface area contributed by atoms with Gasteiger partial charge in [-0.05, 0) is 37.3 Å². The Bertz CT molecular complexity index is 897. The van der Waals surface area contributed by atoms with Gasteiger partial charge in [0.15, 0.2) is 5.16 Å². The average Bonchev–Trinajstić information content (AvgIpc) is 2.94. The fraction of sp³-hybridized carbons (Fsp3) is 0.176. The molecule has 124 valence electrons. The Balaban J connectivity index is 1.69. The zero-order valence-corrected chi connectivity index (χ0v) is 14.5. The first kappa shape index (κ1) is 16.8. The summed E-state index contributed by atoms with van der Waals surface area (Å²) in [5.74, 6) is -0.598. The van der Waals surface area contributed by atoms with Gasteiger partial charge in [0.1, 0.15) is 5.82 Å². The van der Waals surface area contributed by atoms with Gasteiger partial charge in [0, 0.05) is 12.2 Å². The van der Waals surface area contributed by atoms with Crippen LogP contribution < -0.4 is 5.32 Å². The number of nitrogens with zero attached hydrogens (tertiary/aromatic N) is 2. The quantitative estimate of drug-likeness (QED) is 0.675. The number of aromatic nitrogens is 2. The Kier molecular flexibility index (Phi) is 5.06. The molecular formula is C17H15ClFN3OS. The van der Waals surface area contributed by atoms with Crippen LogP contribution in [-0.2, 0) is 11.3 Å². The van der Waals surface area contributed by atoms with Gasteiger partial charge in [0.05, 0.1) is 21.8 Å². The van der Waals surface area contributed by atoms with E-state index in [0.717, 1.165) is 22.7 Å². The van der Waals surface area contributed by atoms with E-state index in [1.165, 1.54) is 23.9 Å². The number of fused-ring (bicyclic) bond motifs is 1. The summed E-state index contributed by atoms with van der Waals surface area (Å²) < 4.78 is 15.5. The van der Waals surface area contributed by atoms with Gasteiger partial charge in [-0.25, -0.2) is 9.37 Å². The van der Waals surface area contributed by atoms with Crippen molar-refractivity contribution in [2.45, 2.75) is 18.6 Å². The number of imidazole rings is 1. The lowest BCUT2D eigenvalue weighted by Crippen LogP contribution is -2.14. The fourth-order valence-corrected chi connectivity index (χ4v) is 3.37. The highest BCUT2D eigenvalue weighted by atomic mass is 35.5. The molecule has 3 rings (SSSR count). The van der Waals surface area contributed by atoms with Crippen LogP contribution in [0.2, 0.25) is 5.02 Å². The molecule has 0 spiro atoms. The number of thioether (sulfide) groups is 1. The van der Waals surface area contributed by atoms with Crippen LogP contribution in [0, 0.1) is 5.82 Å². The molecule has 1 N–H and O–H groups in total. The highest BCUT2D eigenvalue weighted by Gasteiger charge is 2.12. The molecule has 0 fully saturated rings. The third kappa shape index (κ3) is 3.55. The van der Waals surface area contributed by atoms with Gasteiger partial charge in [-0.2, -0.15) is 0 Å². The molecule has 4 nitrogen and oxygen atoms in total. The van der Waals surface area contributed by atoms with Crippen molar-refractivity contribution >= 4 is 46.0 Å². The van der Waals surface area contributed by atoms with E-state index >= 15 is 0 Å². The normalized spacial score (nSPS) is 11.0. The smallest absolute Gasteiger partial charge is 0.234 e. The molecular weight excluding hydrogens is 349 g/mol. The van der Waals surface area contributed by atoms with Gasteiger partial charge < -0.3 is 9.88 Å². The molecule has 0 saturated heterocycles. The van der Waals surface area contributed by atoms with Gasteiger partial charge in [-0.3, -0.25) is 4.79 Å². The maximum Gasteiger partial charge on any atom is 0.234 e. The lowest BCUT2D eigenvalue weighted by Gasteiger charge is -2.07. The number of hydrogen-bond donors (Lipinski definition) is 1. The second-order valence-corrected chi connectivity index (χ2v) is 6.44. The molecule has 0 aliphatic carbocycles. The molecule has 0 aliphatic rings. The lowest BCUT2D eigenvalue weighted by atomic mass is 10.3. The minimum absolute atomic E-state index is 0.0269. The minimum atomic E-state index is -0.560. The third-order valence-electron chi connectivity index (χ3n) is 3.47. The van der Waals surface area contributed by atoms with Crippen molar-refractivity contribution in [2.24, 2.45) is 0 Å². The Hall–Kier alpha value is -2.05. The van der Waals surface area contributed by atoms with E-state index in [4.69, 9.17) is 11.6 Å². The number of carbonyl (C=O) groups is 1. The fourth-order valence-electron chi connectivity index (χ4n) is 2.37. The van der Waals surface area contributed by atoms with E-state index in [1.54, 1.807) is 6.07 Å². The summed E-state index contributed by atoms with van der Waals surface area (Å²) in [6, 6.07) is 12.0. The molecule has 3 aromatic rings. The van der Waals surface area contributed by atoms with Gasteiger partial charge in [0.25, 0.3) is 0 Å². The number of benzene rings is 2. The first-order valence-electron chi connectivity index (χ1n) is 7.41. The zero-order valence-electron chi connectivity index (χ0n) is 12.9. The van der Waals surface area contributed by atoms with Crippen LogP contribution in [0.5, 0.6) is 0 Å². The zero-order chi connectivity index (χ0) is 17.1. The first-order valence-corrected chi connectivity index (χ1v) is 8.78. The highest BCUT2D eigenvalue weighted by molar-refractivity contribution is 7.99. The largest absolute Gasteiger partial charge is 0.325 e. The van der Waals surface area contributed by atoms with Crippen molar-refractivity contribution < 1.29 is 9.18 Å². The summed E-state index contributed by atoms with van der Waals surface area (Å²) in [4.78, 5) is 16.6. The minimum Gasteiger partial charge on any atom is -0.325 e. The SMILES string of the molecule is CCn1c(SCC(=O)Nc2ccc(Cl)c(F)c2)nc2ccccc21. The average molecular weight is 364 g/mol. The van der Waals surface area contributed by atoms with Crippen LogP contribution in [-0.4, -0.2) is 21.2 Å². The number of nitrogens with one attached hydrogen (secondary N) is 1. The number of para-hydroxylation sites is 2. The summed E-state index contributed by atoms with van der Waals surface area (Å²) in [6.45, 7) is 2.81. The molecule has 24 heavy (non-hydrogen) atoms. The molecule has 7 heteroatoms. The molecule has 0 atom stereocenters. The molecule has 0 unspecified atom stereocenters. The molecule has 2 aromatic carbocycles. The predicted octanol–water partition coefficient (Wildman–Crippen LogP) is 4.58. The summed E-state index contributed by atoms with van der Waals surface area (Å²) in [5.41, 5.74) is 2.33. The summed E-state index contributed by atoms with van der Waals surface area (Å²) in [6.07, 6.45) is 0. The van der Waals surface area contributed by atoms with Crippen LogP contribution in [0.4, 0.5) is 10.1 Å². The molecule has 0 bridgehead atoms. The van der Waals surface area contributed by atoms with E-state index in [9.17, 15) is 9.18 Å². The molecule has 1 amide bonds. The van der Waals surface area contributed by atoms with Crippen LogP contribution in [0.15, 0.2) is 47.6 Å². The van der Waals surface area contributed by atoms with Gasteiger partial charge in [-0.15, -0.1) is 0 Å². The second kappa shape index (κ2) is 7.23. The van der Waals surface area contributed by atoms with E-state index < -0.39 is 5.82 Å². The van der Waals surface area contributed by atoms with Crippen LogP contribution >= 0.6 is 23.4 Å². The highest BCUT2D eigenvalue weighted by Crippen LogP contribution is 2.24. The Morgan fingerprint density at radius 1 is 1.33 bits per heavy atom. The van der Waals surface area contributed by atoms with Crippen molar-refractivity contribution in [3.63, 3.8) is 0 Å². The summed E-state index contributed by atoms with van der Waals surface area (Å²) >= 11 is 6.98. The van der Waals surface area contributed by atoms with Gasteiger partial charge in [0.2, 0.25) is 5.91 Å². The van der Waals surface area contributed by atoms with Crippen molar-refractivity contribution in [3.05, 3.63) is 53.3 Å². The van der Waals surface area contributed by atoms with Crippen molar-refractivity contribution in [3.8, 4) is 0 Å². The maximum absolute atomic E-state index is 13.4. The Morgan fingerprint density at radius 3 is 2.88 bits per heavy atom. The van der Waals surface area contributed by atoms with Crippen LogP contribution in [0.3, 0.4) is 0 Å². The number of hydrogen-bond acceptors (Lipinski definition) is 3. The van der Waals surface area contributed by atoms with Crippen LogP contribution in [0.25, 0.3) is 11.0 Å². The van der Waals surface area contributed by atoms with Crippen molar-refractivity contribution in [2.75, 3.05) is 11.1 Å². The monoisotopic (exact) mass is 363 g/mol. The number of halogens is 2. The lowest BCUT2D eigenvalue weighted by molar-refractivity contribution is -0.113. The van der Waals surface area contributed by atoms with Gasteiger partial charge >= 0.3 is 0 Å². The molecule has 1 heterocycles. The topological polar surface area (TPSA) is 46.9 Å². The molecule has 0 aliphatic heterocycles. The Labute approximate surface area is 148 Å². The summed E-state index contributed by atoms with van der Waals surface area (Å²) in [7, 11) is 0. The van der Waals surface area contributed by atoms with Crippen molar-refractivity contribution in [1.82, 2.24) is 9.55 Å². The van der Waals surface area contributed by atoms with E-state index in [-0.39, 0.29) is 16.7 Å². The van der Waals surface area contributed by atoms with Crippen LogP contribution in [0.1, 0.15) is 6.92 Å². The Morgan fingerprint density at radius 2 is 2.12 bits per heavy atom.